The lowest BCUT2D eigenvalue weighted by atomic mass is 10.1. The number of esters is 1. The van der Waals surface area contributed by atoms with Crippen LogP contribution in [-0.2, 0) is 16.1 Å². The fourth-order valence-corrected chi connectivity index (χ4v) is 3.23. The van der Waals surface area contributed by atoms with Crippen molar-refractivity contribution in [1.29, 1.82) is 0 Å². The van der Waals surface area contributed by atoms with Gasteiger partial charge in [0.2, 0.25) is 5.91 Å². The van der Waals surface area contributed by atoms with E-state index in [9.17, 15) is 9.59 Å². The molecule has 0 aromatic carbocycles. The maximum Gasteiger partial charge on any atom is 0.357 e. The molecule has 0 radical (unpaired) electrons. The van der Waals surface area contributed by atoms with Crippen LogP contribution in [0.15, 0.2) is 5.38 Å². The third-order valence-electron chi connectivity index (χ3n) is 3.90. The van der Waals surface area contributed by atoms with Gasteiger partial charge in [0, 0.05) is 18.3 Å². The molecular weight excluding hydrogens is 324 g/mol. The van der Waals surface area contributed by atoms with Crippen molar-refractivity contribution in [2.45, 2.75) is 71.8 Å². The maximum absolute atomic E-state index is 12.5. The molecule has 1 heterocycles. The highest BCUT2D eigenvalue weighted by molar-refractivity contribution is 7.09. The van der Waals surface area contributed by atoms with Crippen LogP contribution in [0.2, 0.25) is 0 Å². The minimum Gasteiger partial charge on any atom is -0.464 e. The molecule has 1 rings (SSSR count). The Morgan fingerprint density at radius 3 is 2.50 bits per heavy atom. The van der Waals surface area contributed by atoms with E-state index in [1.54, 1.807) is 5.38 Å². The van der Waals surface area contributed by atoms with Crippen LogP contribution in [0.4, 0.5) is 0 Å². The average molecular weight is 355 g/mol. The zero-order chi connectivity index (χ0) is 17.8. The summed E-state index contributed by atoms with van der Waals surface area (Å²) >= 11 is 1.40. The van der Waals surface area contributed by atoms with Gasteiger partial charge in [0.1, 0.15) is 5.01 Å². The molecule has 24 heavy (non-hydrogen) atoms. The Bertz CT molecular complexity index is 502. The molecule has 0 fully saturated rings. The summed E-state index contributed by atoms with van der Waals surface area (Å²) < 4.78 is 4.68. The molecule has 0 aliphatic rings. The number of ether oxygens (including phenoxy) is 1. The number of amides is 1. The fourth-order valence-electron chi connectivity index (χ4n) is 2.45. The number of aromatic nitrogens is 1. The molecule has 0 bridgehead atoms. The molecule has 0 saturated heterocycles. The lowest BCUT2D eigenvalue weighted by Crippen LogP contribution is -2.31. The largest absolute Gasteiger partial charge is 0.464 e. The van der Waals surface area contributed by atoms with Crippen molar-refractivity contribution in [2.24, 2.45) is 0 Å². The van der Waals surface area contributed by atoms with Gasteiger partial charge in [-0.2, -0.15) is 0 Å². The van der Waals surface area contributed by atoms with E-state index < -0.39 is 5.97 Å². The standard InChI is InChI=1S/C18H30N2O3S/c1-4-6-8-9-11-17(21)20(12-10-7-5-2)13-16-19-15(14-24-16)18(22)23-3/h14H,4-13H2,1-3H3. The van der Waals surface area contributed by atoms with Gasteiger partial charge in [-0.15, -0.1) is 11.3 Å². The van der Waals surface area contributed by atoms with Crippen molar-refractivity contribution in [1.82, 2.24) is 9.88 Å². The van der Waals surface area contributed by atoms with Gasteiger partial charge in [0.05, 0.1) is 13.7 Å². The van der Waals surface area contributed by atoms with Gasteiger partial charge in [-0.25, -0.2) is 9.78 Å². The monoisotopic (exact) mass is 354 g/mol. The van der Waals surface area contributed by atoms with Crippen LogP contribution in [0.3, 0.4) is 0 Å². The summed E-state index contributed by atoms with van der Waals surface area (Å²) in [6.07, 6.45) is 8.25. The second-order valence-electron chi connectivity index (χ2n) is 5.95. The third kappa shape index (κ3) is 7.43. The van der Waals surface area contributed by atoms with Crippen LogP contribution in [0, 0.1) is 0 Å². The highest BCUT2D eigenvalue weighted by atomic mass is 32.1. The van der Waals surface area contributed by atoms with Gasteiger partial charge in [0.15, 0.2) is 5.69 Å². The number of hydrogen-bond donors (Lipinski definition) is 0. The van der Waals surface area contributed by atoms with Gasteiger partial charge < -0.3 is 9.64 Å². The van der Waals surface area contributed by atoms with E-state index in [0.29, 0.717) is 18.7 Å². The summed E-state index contributed by atoms with van der Waals surface area (Å²) in [5.74, 6) is -0.238. The molecule has 0 atom stereocenters. The molecular formula is C18H30N2O3S. The minimum absolute atomic E-state index is 0.192. The predicted octanol–water partition coefficient (Wildman–Crippen LogP) is 4.42. The molecule has 0 N–H and O–H groups in total. The van der Waals surface area contributed by atoms with Crippen LogP contribution < -0.4 is 0 Å². The van der Waals surface area contributed by atoms with Crippen molar-refractivity contribution in [2.75, 3.05) is 13.7 Å². The van der Waals surface area contributed by atoms with Crippen LogP contribution >= 0.6 is 11.3 Å². The zero-order valence-electron chi connectivity index (χ0n) is 15.2. The molecule has 0 spiro atoms. The van der Waals surface area contributed by atoms with E-state index in [4.69, 9.17) is 0 Å². The minimum atomic E-state index is -0.430. The van der Waals surface area contributed by atoms with Gasteiger partial charge in [-0.05, 0) is 12.8 Å². The van der Waals surface area contributed by atoms with Gasteiger partial charge in [0.25, 0.3) is 0 Å². The van der Waals surface area contributed by atoms with Crippen molar-refractivity contribution in [3.8, 4) is 0 Å². The first kappa shape index (κ1) is 20.6. The highest BCUT2D eigenvalue weighted by Crippen LogP contribution is 2.16. The molecule has 136 valence electrons. The summed E-state index contributed by atoms with van der Waals surface area (Å²) in [4.78, 5) is 30.2. The highest BCUT2D eigenvalue weighted by Gasteiger charge is 2.17. The van der Waals surface area contributed by atoms with E-state index in [0.717, 1.165) is 43.7 Å². The smallest absolute Gasteiger partial charge is 0.357 e. The van der Waals surface area contributed by atoms with Crippen molar-refractivity contribution in [3.63, 3.8) is 0 Å². The number of unbranched alkanes of at least 4 members (excludes halogenated alkanes) is 5. The first-order chi connectivity index (χ1) is 11.6. The Labute approximate surface area is 149 Å². The zero-order valence-corrected chi connectivity index (χ0v) is 16.0. The van der Waals surface area contributed by atoms with Gasteiger partial charge in [-0.1, -0.05) is 46.0 Å². The first-order valence-electron chi connectivity index (χ1n) is 8.92. The molecule has 1 amide bonds. The summed E-state index contributed by atoms with van der Waals surface area (Å²) in [6.45, 7) is 5.56. The third-order valence-corrected chi connectivity index (χ3v) is 4.73. The predicted molar refractivity (Wildman–Crippen MR) is 97.2 cm³/mol. The maximum atomic E-state index is 12.5. The van der Waals surface area contributed by atoms with E-state index >= 15 is 0 Å². The summed E-state index contributed by atoms with van der Waals surface area (Å²) in [5.41, 5.74) is 0.321. The summed E-state index contributed by atoms with van der Waals surface area (Å²) in [7, 11) is 1.35. The molecule has 0 aliphatic heterocycles. The number of rotatable bonds is 12. The number of nitrogens with zero attached hydrogens (tertiary/aromatic N) is 2. The molecule has 1 aromatic heterocycles. The van der Waals surface area contributed by atoms with Crippen LogP contribution in [0.5, 0.6) is 0 Å². The lowest BCUT2D eigenvalue weighted by Gasteiger charge is -2.21. The van der Waals surface area contributed by atoms with E-state index in [-0.39, 0.29) is 5.91 Å². The number of thiazole rings is 1. The second-order valence-corrected chi connectivity index (χ2v) is 6.89. The lowest BCUT2D eigenvalue weighted by molar-refractivity contribution is -0.132. The van der Waals surface area contributed by atoms with Crippen LogP contribution in [0.25, 0.3) is 0 Å². The Morgan fingerprint density at radius 2 is 1.83 bits per heavy atom. The molecule has 5 nitrogen and oxygen atoms in total. The van der Waals surface area contributed by atoms with Gasteiger partial charge >= 0.3 is 5.97 Å². The number of methoxy groups -OCH3 is 1. The van der Waals surface area contributed by atoms with Crippen molar-refractivity contribution < 1.29 is 14.3 Å². The molecule has 0 aliphatic carbocycles. The molecule has 6 heteroatoms. The summed E-state index contributed by atoms with van der Waals surface area (Å²) in [6, 6.07) is 0. The Hall–Kier alpha value is -1.43. The number of hydrogen-bond acceptors (Lipinski definition) is 5. The van der Waals surface area contributed by atoms with Crippen molar-refractivity contribution in [3.05, 3.63) is 16.1 Å². The number of carbonyl (C=O) groups is 2. The molecule has 0 saturated carbocycles. The normalized spacial score (nSPS) is 10.6. The number of carbonyl (C=O) groups excluding carboxylic acids is 2. The fraction of sp³-hybridized carbons (Fsp3) is 0.722. The van der Waals surface area contributed by atoms with E-state index in [2.05, 4.69) is 23.6 Å². The Balaban J connectivity index is 2.61. The Morgan fingerprint density at radius 1 is 1.12 bits per heavy atom. The van der Waals surface area contributed by atoms with Crippen LogP contribution in [0.1, 0.15) is 80.7 Å². The molecule has 1 aromatic rings. The Kier molecular flexibility index (Phi) is 10.3. The van der Waals surface area contributed by atoms with Crippen LogP contribution in [-0.4, -0.2) is 35.4 Å². The van der Waals surface area contributed by atoms with Gasteiger partial charge in [-0.3, -0.25) is 4.79 Å². The van der Waals surface area contributed by atoms with E-state index in [1.165, 1.54) is 31.3 Å². The van der Waals surface area contributed by atoms with Crippen molar-refractivity contribution >= 4 is 23.2 Å². The molecule has 0 unspecified atom stereocenters. The second kappa shape index (κ2) is 12.0. The summed E-state index contributed by atoms with van der Waals surface area (Å²) in [5, 5.41) is 2.48. The van der Waals surface area contributed by atoms with E-state index in [1.807, 2.05) is 4.90 Å². The quantitative estimate of drug-likeness (QED) is 0.412. The first-order valence-corrected chi connectivity index (χ1v) is 9.80. The topological polar surface area (TPSA) is 59.5 Å². The average Bonchev–Trinajstić information content (AvgIpc) is 3.05. The SMILES string of the molecule is CCCCCCC(=O)N(CCCCC)Cc1nc(C(=O)OC)cs1.